The minimum atomic E-state index is -4.63. The fraction of sp³-hybridized carbons (Fsp3) is 0.0909. The molecular weight excluding hydrogens is 269 g/mol. The number of hydrogen-bond acceptors (Lipinski definition) is 2. The molecular formula is C11H6ClF3N2O. The maximum atomic E-state index is 12.5. The number of rotatable bonds is 1. The molecule has 0 aliphatic heterocycles. The summed E-state index contributed by atoms with van der Waals surface area (Å²) in [5.41, 5.74) is -1.93. The van der Waals surface area contributed by atoms with Crippen LogP contribution in [0, 0.1) is 0 Å². The van der Waals surface area contributed by atoms with Gasteiger partial charge in [-0.15, -0.1) is 0 Å². The maximum absolute atomic E-state index is 12.5. The predicted octanol–water partition coefficient (Wildman–Crippen LogP) is 3.11. The van der Waals surface area contributed by atoms with Crippen LogP contribution in [-0.4, -0.2) is 9.97 Å². The van der Waals surface area contributed by atoms with Crippen molar-refractivity contribution in [1.29, 1.82) is 0 Å². The minimum Gasteiger partial charge on any atom is -0.302 e. The van der Waals surface area contributed by atoms with E-state index in [1.165, 1.54) is 12.1 Å². The van der Waals surface area contributed by atoms with Crippen LogP contribution in [0.4, 0.5) is 13.2 Å². The highest BCUT2D eigenvalue weighted by Crippen LogP contribution is 2.29. The molecule has 0 unspecified atom stereocenters. The molecule has 1 aromatic heterocycles. The quantitative estimate of drug-likeness (QED) is 0.868. The number of benzene rings is 1. The summed E-state index contributed by atoms with van der Waals surface area (Å²) < 4.78 is 37.6. The smallest absolute Gasteiger partial charge is 0.302 e. The van der Waals surface area contributed by atoms with Gasteiger partial charge in [0.15, 0.2) is 0 Å². The third kappa shape index (κ3) is 2.70. The lowest BCUT2D eigenvalue weighted by Crippen LogP contribution is -2.19. The Morgan fingerprint density at radius 3 is 2.56 bits per heavy atom. The summed E-state index contributed by atoms with van der Waals surface area (Å²) in [6, 6.07) is 6.86. The number of aromatic amines is 1. The lowest BCUT2D eigenvalue weighted by molar-refractivity contribution is -0.141. The summed E-state index contributed by atoms with van der Waals surface area (Å²) in [7, 11) is 0. The Kier molecular flexibility index (Phi) is 3.13. The molecule has 0 saturated heterocycles. The number of alkyl halides is 3. The van der Waals surface area contributed by atoms with E-state index >= 15 is 0 Å². The fourth-order valence-corrected chi connectivity index (χ4v) is 1.60. The molecule has 2 rings (SSSR count). The average molecular weight is 275 g/mol. The van der Waals surface area contributed by atoms with Crippen LogP contribution in [0.3, 0.4) is 0 Å². The SMILES string of the molecule is O=c1nc(-c2cccc(Cl)c2)cc(C(F)(F)F)[nH]1. The maximum Gasteiger partial charge on any atom is 0.431 e. The van der Waals surface area contributed by atoms with E-state index < -0.39 is 17.6 Å². The third-order valence-electron chi connectivity index (χ3n) is 2.17. The van der Waals surface area contributed by atoms with Crippen LogP contribution >= 0.6 is 11.6 Å². The Morgan fingerprint density at radius 2 is 1.94 bits per heavy atom. The van der Waals surface area contributed by atoms with Gasteiger partial charge in [-0.05, 0) is 18.2 Å². The topological polar surface area (TPSA) is 45.8 Å². The van der Waals surface area contributed by atoms with Gasteiger partial charge >= 0.3 is 11.9 Å². The average Bonchev–Trinajstić information content (AvgIpc) is 2.27. The normalized spacial score (nSPS) is 11.6. The van der Waals surface area contributed by atoms with Crippen LogP contribution < -0.4 is 5.69 Å². The highest BCUT2D eigenvalue weighted by atomic mass is 35.5. The summed E-state index contributed by atoms with van der Waals surface area (Å²) in [5, 5.41) is 0.350. The Morgan fingerprint density at radius 1 is 1.22 bits per heavy atom. The minimum absolute atomic E-state index is 0.0754. The van der Waals surface area contributed by atoms with Gasteiger partial charge in [-0.2, -0.15) is 18.2 Å². The highest BCUT2D eigenvalue weighted by Gasteiger charge is 2.32. The first-order valence-electron chi connectivity index (χ1n) is 4.81. The van der Waals surface area contributed by atoms with E-state index in [4.69, 9.17) is 11.6 Å². The van der Waals surface area contributed by atoms with E-state index in [1.54, 1.807) is 17.1 Å². The molecule has 0 amide bonds. The van der Waals surface area contributed by atoms with Crippen molar-refractivity contribution in [3.05, 3.63) is 51.5 Å². The zero-order valence-corrected chi connectivity index (χ0v) is 9.51. The molecule has 18 heavy (non-hydrogen) atoms. The van der Waals surface area contributed by atoms with E-state index in [0.717, 1.165) is 6.07 Å². The van der Waals surface area contributed by atoms with E-state index in [1.807, 2.05) is 0 Å². The molecule has 7 heteroatoms. The van der Waals surface area contributed by atoms with Gasteiger partial charge in [0, 0.05) is 10.6 Å². The van der Waals surface area contributed by atoms with Gasteiger partial charge < -0.3 is 4.98 Å². The molecule has 0 aliphatic rings. The number of nitrogens with one attached hydrogen (secondary N) is 1. The Hall–Kier alpha value is -1.82. The lowest BCUT2D eigenvalue weighted by Gasteiger charge is -2.07. The zero-order valence-electron chi connectivity index (χ0n) is 8.75. The summed E-state index contributed by atoms with van der Waals surface area (Å²) in [5.74, 6) is 0. The van der Waals surface area contributed by atoms with E-state index in [2.05, 4.69) is 4.98 Å². The van der Waals surface area contributed by atoms with Crippen LogP contribution in [-0.2, 0) is 6.18 Å². The molecule has 0 radical (unpaired) electrons. The summed E-state index contributed by atoms with van der Waals surface area (Å²) in [4.78, 5) is 16.3. The van der Waals surface area contributed by atoms with E-state index in [9.17, 15) is 18.0 Å². The molecule has 0 aliphatic carbocycles. The van der Waals surface area contributed by atoms with Gasteiger partial charge in [-0.25, -0.2) is 4.79 Å². The second-order valence-corrected chi connectivity index (χ2v) is 3.93. The first kappa shape index (κ1) is 12.6. The molecule has 0 bridgehead atoms. The third-order valence-corrected chi connectivity index (χ3v) is 2.41. The van der Waals surface area contributed by atoms with Crippen LogP contribution in [0.1, 0.15) is 5.69 Å². The largest absolute Gasteiger partial charge is 0.431 e. The number of nitrogens with zero attached hydrogens (tertiary/aromatic N) is 1. The molecule has 1 heterocycles. The van der Waals surface area contributed by atoms with Gasteiger partial charge in [0.2, 0.25) is 0 Å². The highest BCUT2D eigenvalue weighted by molar-refractivity contribution is 6.30. The molecule has 1 aromatic carbocycles. The number of hydrogen-bond donors (Lipinski definition) is 1. The van der Waals surface area contributed by atoms with Crippen molar-refractivity contribution in [2.75, 3.05) is 0 Å². The van der Waals surface area contributed by atoms with Crippen molar-refractivity contribution < 1.29 is 13.2 Å². The number of H-pyrrole nitrogens is 1. The van der Waals surface area contributed by atoms with Crippen molar-refractivity contribution in [3.63, 3.8) is 0 Å². The molecule has 94 valence electrons. The molecule has 0 atom stereocenters. The van der Waals surface area contributed by atoms with Crippen LogP contribution in [0.15, 0.2) is 35.1 Å². The first-order valence-corrected chi connectivity index (χ1v) is 5.18. The fourth-order valence-electron chi connectivity index (χ4n) is 1.41. The Bertz CT molecular complexity index is 637. The van der Waals surface area contributed by atoms with Gasteiger partial charge in [-0.1, -0.05) is 23.7 Å². The molecule has 0 spiro atoms. The molecule has 2 aromatic rings. The van der Waals surface area contributed by atoms with Crippen molar-refractivity contribution in [2.45, 2.75) is 6.18 Å². The molecule has 1 N–H and O–H groups in total. The summed E-state index contributed by atoms with van der Waals surface area (Å²) in [6.07, 6.45) is -4.63. The van der Waals surface area contributed by atoms with Crippen molar-refractivity contribution >= 4 is 11.6 Å². The van der Waals surface area contributed by atoms with Gasteiger partial charge in [0.05, 0.1) is 5.69 Å². The first-order chi connectivity index (χ1) is 8.36. The lowest BCUT2D eigenvalue weighted by atomic mass is 10.1. The van der Waals surface area contributed by atoms with Crippen molar-refractivity contribution in [3.8, 4) is 11.3 Å². The van der Waals surface area contributed by atoms with Crippen LogP contribution in [0.5, 0.6) is 0 Å². The van der Waals surface area contributed by atoms with Gasteiger partial charge in [0.1, 0.15) is 5.69 Å². The second-order valence-electron chi connectivity index (χ2n) is 3.49. The van der Waals surface area contributed by atoms with Gasteiger partial charge in [-0.3, -0.25) is 0 Å². The predicted molar refractivity (Wildman–Crippen MR) is 60.3 cm³/mol. The Labute approximate surface area is 104 Å². The molecule has 0 fully saturated rings. The van der Waals surface area contributed by atoms with Crippen LogP contribution in [0.2, 0.25) is 5.02 Å². The summed E-state index contributed by atoms with van der Waals surface area (Å²) >= 11 is 5.73. The van der Waals surface area contributed by atoms with Crippen LogP contribution in [0.25, 0.3) is 11.3 Å². The van der Waals surface area contributed by atoms with Crippen molar-refractivity contribution in [1.82, 2.24) is 9.97 Å². The Balaban J connectivity index is 2.59. The number of aromatic nitrogens is 2. The second kappa shape index (κ2) is 4.45. The van der Waals surface area contributed by atoms with Gasteiger partial charge in [0.25, 0.3) is 0 Å². The molecule has 0 saturated carbocycles. The number of halogens is 4. The summed E-state index contributed by atoms with van der Waals surface area (Å²) in [6.45, 7) is 0. The monoisotopic (exact) mass is 274 g/mol. The standard InChI is InChI=1S/C11H6ClF3N2O/c12-7-3-1-2-6(4-7)8-5-9(11(13,14)15)17-10(18)16-8/h1-5H,(H,16,17,18). The van der Waals surface area contributed by atoms with E-state index in [-0.39, 0.29) is 5.69 Å². The zero-order chi connectivity index (χ0) is 13.3. The van der Waals surface area contributed by atoms with Crippen molar-refractivity contribution in [2.24, 2.45) is 0 Å². The molecule has 3 nitrogen and oxygen atoms in total. The van der Waals surface area contributed by atoms with E-state index in [0.29, 0.717) is 10.6 Å².